The van der Waals surface area contributed by atoms with E-state index in [1.165, 1.54) is 0 Å². The maximum Gasteiger partial charge on any atom is 0.144 e. The van der Waals surface area contributed by atoms with Crippen LogP contribution in [0.25, 0.3) is 0 Å². The molecule has 0 saturated heterocycles. The van der Waals surface area contributed by atoms with Gasteiger partial charge >= 0.3 is 0 Å². The molecular formula is C14H17N5. The minimum absolute atomic E-state index is 0.162. The summed E-state index contributed by atoms with van der Waals surface area (Å²) in [6, 6.07) is 4.29. The molecule has 2 aromatic heterocycles. The molecule has 98 valence electrons. The van der Waals surface area contributed by atoms with Gasteiger partial charge in [-0.1, -0.05) is 0 Å². The van der Waals surface area contributed by atoms with Gasteiger partial charge in [0.05, 0.1) is 11.9 Å². The van der Waals surface area contributed by atoms with Crippen LogP contribution in [-0.4, -0.2) is 20.6 Å². The van der Waals surface area contributed by atoms with E-state index >= 15 is 0 Å². The Morgan fingerprint density at radius 1 is 1.47 bits per heavy atom. The minimum atomic E-state index is 0.162. The Morgan fingerprint density at radius 3 is 2.89 bits per heavy atom. The van der Waals surface area contributed by atoms with Crippen LogP contribution in [-0.2, 0) is 6.54 Å². The number of nitrogens with one attached hydrogen (secondary N) is 1. The highest BCUT2D eigenvalue weighted by Gasteiger charge is 2.11. The Hall–Kier alpha value is -2.35. The van der Waals surface area contributed by atoms with Crippen molar-refractivity contribution in [1.82, 2.24) is 14.5 Å². The van der Waals surface area contributed by atoms with E-state index in [9.17, 15) is 5.26 Å². The minimum Gasteiger partial charge on any atom is -0.365 e. The smallest absolute Gasteiger partial charge is 0.144 e. The van der Waals surface area contributed by atoms with Gasteiger partial charge in [0.1, 0.15) is 11.9 Å². The molecule has 5 heteroatoms. The molecule has 0 bridgehead atoms. The molecule has 2 rings (SSSR count). The van der Waals surface area contributed by atoms with Crippen LogP contribution < -0.4 is 5.32 Å². The Balaban J connectivity index is 2.16. The number of nitriles is 1. The second-order valence-electron chi connectivity index (χ2n) is 4.72. The zero-order valence-corrected chi connectivity index (χ0v) is 11.4. The lowest BCUT2D eigenvalue weighted by Gasteiger charge is -2.17. The van der Waals surface area contributed by atoms with Gasteiger partial charge in [-0.05, 0) is 32.4 Å². The summed E-state index contributed by atoms with van der Waals surface area (Å²) in [6.07, 6.45) is 5.44. The van der Waals surface area contributed by atoms with Crippen LogP contribution in [0.3, 0.4) is 0 Å². The van der Waals surface area contributed by atoms with Crippen LogP contribution in [0, 0.1) is 25.2 Å². The third kappa shape index (κ3) is 3.10. The normalized spacial score (nSPS) is 11.9. The predicted octanol–water partition coefficient (Wildman–Crippen LogP) is 2.27. The fraction of sp³-hybridized carbons (Fsp3) is 0.357. The van der Waals surface area contributed by atoms with Crippen LogP contribution in [0.15, 0.2) is 24.8 Å². The number of hydrogen-bond donors (Lipinski definition) is 1. The summed E-state index contributed by atoms with van der Waals surface area (Å²) in [5.41, 5.74) is 2.48. The maximum absolute atomic E-state index is 9.21. The molecule has 1 unspecified atom stereocenters. The summed E-state index contributed by atoms with van der Waals surface area (Å²) in [7, 11) is 0. The lowest BCUT2D eigenvalue weighted by molar-refractivity contribution is 0.616. The van der Waals surface area contributed by atoms with Crippen LogP contribution in [0.4, 0.5) is 5.82 Å². The molecule has 0 aliphatic carbocycles. The first-order chi connectivity index (χ1) is 9.10. The number of aromatic nitrogens is 3. The van der Waals surface area contributed by atoms with Crippen molar-refractivity contribution in [3.05, 3.63) is 41.6 Å². The van der Waals surface area contributed by atoms with Gasteiger partial charge in [0.15, 0.2) is 0 Å². The van der Waals surface area contributed by atoms with Gasteiger partial charge in [-0.15, -0.1) is 0 Å². The standard InChI is InChI=1S/C14H17N5/c1-10-6-11(2)17-14(13(10)7-15)18-12(3)8-19-5-4-16-9-19/h4-6,9,12H,8H2,1-3H3,(H,17,18). The molecule has 1 atom stereocenters. The van der Waals surface area contributed by atoms with Crippen molar-refractivity contribution in [3.63, 3.8) is 0 Å². The van der Waals surface area contributed by atoms with Crippen molar-refractivity contribution in [1.29, 1.82) is 5.26 Å². The van der Waals surface area contributed by atoms with E-state index in [4.69, 9.17) is 0 Å². The Labute approximate surface area is 112 Å². The van der Waals surface area contributed by atoms with Gasteiger partial charge in [-0.25, -0.2) is 9.97 Å². The second kappa shape index (κ2) is 5.53. The molecule has 5 nitrogen and oxygen atoms in total. The highest BCUT2D eigenvalue weighted by Crippen LogP contribution is 2.18. The number of imidazole rings is 1. The van der Waals surface area contributed by atoms with Gasteiger partial charge in [0.2, 0.25) is 0 Å². The van der Waals surface area contributed by atoms with Crippen molar-refractivity contribution >= 4 is 5.82 Å². The average molecular weight is 255 g/mol. The molecule has 0 aliphatic heterocycles. The summed E-state index contributed by atoms with van der Waals surface area (Å²) in [4.78, 5) is 8.43. The summed E-state index contributed by atoms with van der Waals surface area (Å²) >= 11 is 0. The van der Waals surface area contributed by atoms with Crippen LogP contribution in [0.5, 0.6) is 0 Å². The first kappa shape index (κ1) is 13.1. The lowest BCUT2D eigenvalue weighted by atomic mass is 10.1. The third-order valence-electron chi connectivity index (χ3n) is 2.88. The number of nitrogens with zero attached hydrogens (tertiary/aromatic N) is 4. The first-order valence-corrected chi connectivity index (χ1v) is 6.20. The van der Waals surface area contributed by atoms with Crippen LogP contribution in [0.1, 0.15) is 23.7 Å². The lowest BCUT2D eigenvalue weighted by Crippen LogP contribution is -2.23. The fourth-order valence-corrected chi connectivity index (χ4v) is 2.07. The topological polar surface area (TPSA) is 66.5 Å². The summed E-state index contributed by atoms with van der Waals surface area (Å²) in [5.74, 6) is 0.660. The molecule has 1 N–H and O–H groups in total. The maximum atomic E-state index is 9.21. The number of aryl methyl sites for hydroxylation is 2. The molecule has 0 aliphatic rings. The molecule has 2 heterocycles. The van der Waals surface area contributed by atoms with Gasteiger partial charge in [0.25, 0.3) is 0 Å². The van der Waals surface area contributed by atoms with Crippen LogP contribution >= 0.6 is 0 Å². The van der Waals surface area contributed by atoms with Crippen molar-refractivity contribution in [3.8, 4) is 6.07 Å². The zero-order valence-electron chi connectivity index (χ0n) is 11.4. The number of anilines is 1. The van der Waals surface area contributed by atoms with E-state index in [0.29, 0.717) is 11.4 Å². The molecule has 0 spiro atoms. The van der Waals surface area contributed by atoms with Gasteiger partial charge in [-0.3, -0.25) is 0 Å². The first-order valence-electron chi connectivity index (χ1n) is 6.20. The van der Waals surface area contributed by atoms with Crippen molar-refractivity contribution in [2.75, 3.05) is 5.32 Å². The van der Waals surface area contributed by atoms with E-state index in [-0.39, 0.29) is 6.04 Å². The Kier molecular flexibility index (Phi) is 3.81. The molecule has 19 heavy (non-hydrogen) atoms. The fourth-order valence-electron chi connectivity index (χ4n) is 2.07. The highest BCUT2D eigenvalue weighted by molar-refractivity contribution is 5.56. The number of rotatable bonds is 4. The summed E-state index contributed by atoms with van der Waals surface area (Å²) in [6.45, 7) is 6.69. The molecule has 2 aromatic rings. The van der Waals surface area contributed by atoms with Crippen molar-refractivity contribution in [2.24, 2.45) is 0 Å². The highest BCUT2D eigenvalue weighted by atomic mass is 15.1. The Morgan fingerprint density at radius 2 is 2.26 bits per heavy atom. The average Bonchev–Trinajstić information content (AvgIpc) is 2.81. The van der Waals surface area contributed by atoms with Crippen LogP contribution in [0.2, 0.25) is 0 Å². The second-order valence-corrected chi connectivity index (χ2v) is 4.72. The van der Waals surface area contributed by atoms with Gasteiger partial charge in [-0.2, -0.15) is 5.26 Å². The quantitative estimate of drug-likeness (QED) is 0.910. The van der Waals surface area contributed by atoms with Gasteiger partial charge < -0.3 is 9.88 Å². The molecule has 0 aromatic carbocycles. The van der Waals surface area contributed by atoms with E-state index < -0.39 is 0 Å². The number of pyridine rings is 1. The van der Waals surface area contributed by atoms with E-state index in [1.54, 1.807) is 12.5 Å². The summed E-state index contributed by atoms with van der Waals surface area (Å²) < 4.78 is 1.99. The molecule has 0 saturated carbocycles. The molecule has 0 amide bonds. The molecule has 0 radical (unpaired) electrons. The largest absolute Gasteiger partial charge is 0.365 e. The monoisotopic (exact) mass is 255 g/mol. The Bertz CT molecular complexity index is 595. The summed E-state index contributed by atoms with van der Waals surface area (Å²) in [5, 5.41) is 12.5. The van der Waals surface area contributed by atoms with E-state index in [0.717, 1.165) is 17.8 Å². The van der Waals surface area contributed by atoms with E-state index in [1.807, 2.05) is 30.7 Å². The third-order valence-corrected chi connectivity index (χ3v) is 2.88. The zero-order chi connectivity index (χ0) is 13.8. The van der Waals surface area contributed by atoms with E-state index in [2.05, 4.69) is 28.3 Å². The number of hydrogen-bond acceptors (Lipinski definition) is 4. The van der Waals surface area contributed by atoms with Gasteiger partial charge in [0, 0.05) is 30.7 Å². The van der Waals surface area contributed by atoms with Crippen molar-refractivity contribution < 1.29 is 0 Å². The van der Waals surface area contributed by atoms with Crippen molar-refractivity contribution in [2.45, 2.75) is 33.4 Å². The predicted molar refractivity (Wildman–Crippen MR) is 73.7 cm³/mol. The SMILES string of the molecule is Cc1cc(C)c(C#N)c(NC(C)Cn2ccnc2)n1. The molecular weight excluding hydrogens is 238 g/mol. The molecule has 0 fully saturated rings.